The van der Waals surface area contributed by atoms with E-state index in [4.69, 9.17) is 0 Å². The second-order valence-corrected chi connectivity index (χ2v) is 5.13. The van der Waals surface area contributed by atoms with E-state index in [9.17, 15) is 14.5 Å². The number of hydrogen-bond donors (Lipinski definition) is 0. The van der Waals surface area contributed by atoms with Gasteiger partial charge in [0.2, 0.25) is 5.82 Å². The largest absolute Gasteiger partial charge is 0.359 e. The number of anilines is 1. The molecule has 2 aromatic carbocycles. The Morgan fingerprint density at radius 1 is 1.14 bits per heavy atom. The molecule has 1 atom stereocenters. The number of para-hydroxylation sites is 1. The van der Waals surface area contributed by atoms with Gasteiger partial charge in [-0.2, -0.15) is 4.39 Å². The lowest BCUT2D eigenvalue weighted by atomic mass is 10.0. The van der Waals surface area contributed by atoms with Gasteiger partial charge in [0, 0.05) is 6.54 Å². The first-order valence-corrected chi connectivity index (χ1v) is 6.93. The maximum absolute atomic E-state index is 13.8. The average Bonchev–Trinajstić information content (AvgIpc) is 2.96. The van der Waals surface area contributed by atoms with E-state index in [1.165, 1.54) is 6.07 Å². The normalized spacial score (nSPS) is 18.0. The molecule has 1 heterocycles. The van der Waals surface area contributed by atoms with Crippen LogP contribution in [0.2, 0.25) is 0 Å². The van der Waals surface area contributed by atoms with Crippen LogP contribution in [-0.2, 0) is 0 Å². The Kier molecular flexibility index (Phi) is 3.56. The van der Waals surface area contributed by atoms with Crippen LogP contribution < -0.4 is 4.90 Å². The quantitative estimate of drug-likeness (QED) is 0.631. The molecule has 3 rings (SSSR count). The molecule has 4 nitrogen and oxygen atoms in total. The van der Waals surface area contributed by atoms with Gasteiger partial charge in [-0.1, -0.05) is 36.4 Å². The summed E-state index contributed by atoms with van der Waals surface area (Å²) in [5, 5.41) is 11.2. The predicted molar refractivity (Wildman–Crippen MR) is 78.8 cm³/mol. The van der Waals surface area contributed by atoms with Gasteiger partial charge in [0.1, 0.15) is 5.69 Å². The molecule has 0 radical (unpaired) electrons. The summed E-state index contributed by atoms with van der Waals surface area (Å²) in [7, 11) is 0. The van der Waals surface area contributed by atoms with Crippen molar-refractivity contribution in [2.45, 2.75) is 18.9 Å². The minimum Gasteiger partial charge on any atom is -0.359 e. The highest BCUT2D eigenvalue weighted by Gasteiger charge is 2.32. The second-order valence-electron chi connectivity index (χ2n) is 5.13. The summed E-state index contributed by atoms with van der Waals surface area (Å²) >= 11 is 0. The van der Waals surface area contributed by atoms with Crippen LogP contribution in [0.1, 0.15) is 24.4 Å². The fourth-order valence-corrected chi connectivity index (χ4v) is 2.99. The molecule has 5 heteroatoms. The molecular formula is C16H15FN2O2. The first-order valence-electron chi connectivity index (χ1n) is 6.93. The van der Waals surface area contributed by atoms with Gasteiger partial charge in [0.25, 0.3) is 0 Å². The number of benzene rings is 2. The third kappa shape index (κ3) is 2.46. The van der Waals surface area contributed by atoms with Gasteiger partial charge in [-0.15, -0.1) is 0 Å². The zero-order valence-corrected chi connectivity index (χ0v) is 11.4. The van der Waals surface area contributed by atoms with E-state index >= 15 is 0 Å². The first kappa shape index (κ1) is 13.5. The van der Waals surface area contributed by atoms with E-state index < -0.39 is 16.4 Å². The van der Waals surface area contributed by atoms with Gasteiger partial charge in [-0.25, -0.2) is 0 Å². The zero-order chi connectivity index (χ0) is 14.8. The number of halogens is 1. The lowest BCUT2D eigenvalue weighted by Crippen LogP contribution is -2.23. The SMILES string of the molecule is O=[N+]([O-])c1c(F)cccc1N1CCCC1c1ccccc1. The number of hydrogen-bond acceptors (Lipinski definition) is 3. The third-order valence-electron chi connectivity index (χ3n) is 3.89. The summed E-state index contributed by atoms with van der Waals surface area (Å²) in [6.07, 6.45) is 1.85. The highest BCUT2D eigenvalue weighted by molar-refractivity contribution is 5.65. The lowest BCUT2D eigenvalue weighted by molar-refractivity contribution is -0.386. The van der Waals surface area contributed by atoms with E-state index in [0.717, 1.165) is 24.5 Å². The van der Waals surface area contributed by atoms with Crippen molar-refractivity contribution in [1.82, 2.24) is 0 Å². The Balaban J connectivity index is 2.04. The number of nitro benzene ring substituents is 1. The summed E-state index contributed by atoms with van der Waals surface area (Å²) in [5.74, 6) is -0.781. The minimum absolute atomic E-state index is 0.0618. The molecule has 1 aliphatic heterocycles. The summed E-state index contributed by atoms with van der Waals surface area (Å²) in [4.78, 5) is 12.5. The maximum atomic E-state index is 13.8. The summed E-state index contributed by atoms with van der Waals surface area (Å²) < 4.78 is 13.8. The molecule has 108 valence electrons. The predicted octanol–water partition coefficient (Wildman–Crippen LogP) is 4.08. The van der Waals surface area contributed by atoms with E-state index in [0.29, 0.717) is 12.2 Å². The number of nitrogens with zero attached hydrogens (tertiary/aromatic N) is 2. The van der Waals surface area contributed by atoms with E-state index in [1.807, 2.05) is 35.2 Å². The third-order valence-corrected chi connectivity index (χ3v) is 3.89. The molecule has 1 fully saturated rings. The summed E-state index contributed by atoms with van der Waals surface area (Å²) in [6, 6.07) is 14.2. The molecule has 0 N–H and O–H groups in total. The molecule has 0 aliphatic carbocycles. The fraction of sp³-hybridized carbons (Fsp3) is 0.250. The molecule has 0 saturated carbocycles. The standard InChI is InChI=1S/C16H15FN2O2/c17-13-8-4-9-15(16(13)19(20)21)18-11-5-10-14(18)12-6-2-1-3-7-12/h1-4,6-9,14H,5,10-11H2. The molecule has 2 aromatic rings. The van der Waals surface area contributed by atoms with Gasteiger partial charge in [0.05, 0.1) is 11.0 Å². The van der Waals surface area contributed by atoms with Gasteiger partial charge < -0.3 is 4.90 Å². The lowest BCUT2D eigenvalue weighted by Gasteiger charge is -2.26. The van der Waals surface area contributed by atoms with Crippen molar-refractivity contribution in [3.63, 3.8) is 0 Å². The van der Waals surface area contributed by atoms with Crippen molar-refractivity contribution in [3.05, 3.63) is 70.0 Å². The topological polar surface area (TPSA) is 46.4 Å². The molecule has 1 unspecified atom stereocenters. The monoisotopic (exact) mass is 286 g/mol. The van der Waals surface area contributed by atoms with Crippen molar-refractivity contribution >= 4 is 11.4 Å². The molecule has 1 aliphatic rings. The van der Waals surface area contributed by atoms with Crippen LogP contribution in [0.4, 0.5) is 15.8 Å². The Morgan fingerprint density at radius 3 is 2.62 bits per heavy atom. The van der Waals surface area contributed by atoms with Crippen LogP contribution in [0.3, 0.4) is 0 Å². The van der Waals surface area contributed by atoms with Gasteiger partial charge in [-0.05, 0) is 30.5 Å². The van der Waals surface area contributed by atoms with Crippen LogP contribution >= 0.6 is 0 Å². The van der Waals surface area contributed by atoms with Gasteiger partial charge >= 0.3 is 5.69 Å². The molecule has 0 amide bonds. The molecular weight excluding hydrogens is 271 g/mol. The Bertz CT molecular complexity index is 661. The smallest absolute Gasteiger partial charge is 0.327 e. The van der Waals surface area contributed by atoms with Crippen molar-refractivity contribution in [3.8, 4) is 0 Å². The van der Waals surface area contributed by atoms with Crippen molar-refractivity contribution < 1.29 is 9.31 Å². The number of nitro groups is 1. The van der Waals surface area contributed by atoms with Crippen LogP contribution in [0, 0.1) is 15.9 Å². The van der Waals surface area contributed by atoms with Gasteiger partial charge in [-0.3, -0.25) is 10.1 Å². The highest BCUT2D eigenvalue weighted by Crippen LogP contribution is 2.41. The van der Waals surface area contributed by atoms with Crippen molar-refractivity contribution in [1.29, 1.82) is 0 Å². The van der Waals surface area contributed by atoms with Crippen LogP contribution in [0.5, 0.6) is 0 Å². The van der Waals surface area contributed by atoms with E-state index in [2.05, 4.69) is 0 Å². The molecule has 0 spiro atoms. The molecule has 0 aromatic heterocycles. The number of rotatable bonds is 3. The van der Waals surface area contributed by atoms with Gasteiger partial charge in [0.15, 0.2) is 0 Å². The molecule has 0 bridgehead atoms. The maximum Gasteiger partial charge on any atom is 0.327 e. The van der Waals surface area contributed by atoms with Crippen molar-refractivity contribution in [2.75, 3.05) is 11.4 Å². The Morgan fingerprint density at radius 2 is 1.90 bits per heavy atom. The molecule has 21 heavy (non-hydrogen) atoms. The van der Waals surface area contributed by atoms with Crippen LogP contribution in [0.25, 0.3) is 0 Å². The average molecular weight is 286 g/mol. The van der Waals surface area contributed by atoms with Crippen molar-refractivity contribution in [2.24, 2.45) is 0 Å². The summed E-state index contributed by atoms with van der Waals surface area (Å²) in [5.41, 5.74) is 1.04. The van der Waals surface area contributed by atoms with E-state index in [1.54, 1.807) is 6.07 Å². The minimum atomic E-state index is -0.781. The molecule has 1 saturated heterocycles. The highest BCUT2D eigenvalue weighted by atomic mass is 19.1. The Labute approximate surface area is 122 Å². The van der Waals surface area contributed by atoms with E-state index in [-0.39, 0.29) is 6.04 Å². The van der Waals surface area contributed by atoms with Crippen LogP contribution in [-0.4, -0.2) is 11.5 Å². The fourth-order valence-electron chi connectivity index (χ4n) is 2.99. The van der Waals surface area contributed by atoms with Crippen LogP contribution in [0.15, 0.2) is 48.5 Å². The Hall–Kier alpha value is -2.43. The summed E-state index contributed by atoms with van der Waals surface area (Å²) in [6.45, 7) is 0.698. The second kappa shape index (κ2) is 5.52. The first-order chi connectivity index (χ1) is 10.2. The zero-order valence-electron chi connectivity index (χ0n) is 11.4.